The number of ether oxygens (including phenoxy) is 2. The van der Waals surface area contributed by atoms with Gasteiger partial charge < -0.3 is 25.1 Å². The number of aromatic amines is 1. The summed E-state index contributed by atoms with van der Waals surface area (Å²) >= 11 is 1.34. The van der Waals surface area contributed by atoms with E-state index >= 15 is 0 Å². The number of nitrogens with one attached hydrogen (secondary N) is 3. The summed E-state index contributed by atoms with van der Waals surface area (Å²) in [5.41, 5.74) is 2.55. The molecule has 3 heterocycles. The van der Waals surface area contributed by atoms with Crippen LogP contribution in [0, 0.1) is 0 Å². The largest absolute Gasteiger partial charge is 0.448 e. The van der Waals surface area contributed by atoms with Crippen LogP contribution in [0.3, 0.4) is 0 Å². The molecule has 1 aliphatic heterocycles. The van der Waals surface area contributed by atoms with Crippen LogP contribution in [0.25, 0.3) is 10.9 Å². The first-order valence-corrected chi connectivity index (χ1v) is 12.7. The molecule has 7 nitrogen and oxygen atoms in total. The summed E-state index contributed by atoms with van der Waals surface area (Å²) in [6.07, 6.45) is 6.13. The molecule has 8 heteroatoms. The Balaban J connectivity index is 1.23. The number of hydrogen-bond acceptors (Lipinski definition) is 5. The zero-order valence-corrected chi connectivity index (χ0v) is 19.8. The van der Waals surface area contributed by atoms with Crippen LogP contribution in [0.4, 0.5) is 5.69 Å². The lowest BCUT2D eigenvalue weighted by Crippen LogP contribution is -2.45. The van der Waals surface area contributed by atoms with E-state index in [9.17, 15) is 9.59 Å². The smallest absolute Gasteiger partial charge is 0.262 e. The van der Waals surface area contributed by atoms with Crippen LogP contribution in [0.15, 0.2) is 66.2 Å². The molecule has 2 amide bonds. The van der Waals surface area contributed by atoms with Crippen molar-refractivity contribution in [2.24, 2.45) is 0 Å². The molecule has 2 aliphatic rings. The average molecular weight is 488 g/mol. The second-order valence-electron chi connectivity index (χ2n) is 9.04. The first-order valence-electron chi connectivity index (χ1n) is 11.8. The third-order valence-corrected chi connectivity index (χ3v) is 7.50. The molecule has 1 atom stereocenters. The number of anilines is 1. The number of para-hydroxylation sites is 1. The number of fused-ring (bicyclic) bond motifs is 2. The van der Waals surface area contributed by atoms with Gasteiger partial charge in [0.05, 0.1) is 4.88 Å². The number of rotatable bonds is 6. The number of benzene rings is 2. The fourth-order valence-corrected chi connectivity index (χ4v) is 5.51. The van der Waals surface area contributed by atoms with Gasteiger partial charge in [0, 0.05) is 48.1 Å². The Morgan fingerprint density at radius 1 is 1.03 bits per heavy atom. The minimum absolute atomic E-state index is 0.270. The molecule has 178 valence electrons. The molecule has 6 rings (SSSR count). The molecule has 1 spiro atoms. The predicted molar refractivity (Wildman–Crippen MR) is 135 cm³/mol. The third-order valence-electron chi connectivity index (χ3n) is 6.63. The van der Waals surface area contributed by atoms with E-state index in [-0.39, 0.29) is 11.8 Å². The topological polar surface area (TPSA) is 92.5 Å². The van der Waals surface area contributed by atoms with Gasteiger partial charge in [0.2, 0.25) is 5.91 Å². The van der Waals surface area contributed by atoms with E-state index in [0.29, 0.717) is 28.5 Å². The van der Waals surface area contributed by atoms with Crippen LogP contribution in [0.5, 0.6) is 11.5 Å². The summed E-state index contributed by atoms with van der Waals surface area (Å²) in [6.45, 7) is 0. The molecule has 4 aromatic rings. The molecule has 1 saturated carbocycles. The van der Waals surface area contributed by atoms with Crippen molar-refractivity contribution in [2.45, 2.75) is 43.9 Å². The van der Waals surface area contributed by atoms with Crippen LogP contribution in [0.1, 0.15) is 40.9 Å². The predicted octanol–water partition coefficient (Wildman–Crippen LogP) is 5.25. The van der Waals surface area contributed by atoms with Crippen molar-refractivity contribution >= 4 is 39.7 Å². The normalized spacial score (nSPS) is 16.5. The number of hydrogen-bond donors (Lipinski definition) is 3. The maximum Gasteiger partial charge on any atom is 0.262 e. The molecule has 2 aromatic carbocycles. The fourth-order valence-electron chi connectivity index (χ4n) is 4.89. The fraction of sp³-hybridized carbons (Fsp3) is 0.259. The summed E-state index contributed by atoms with van der Waals surface area (Å²) < 4.78 is 12.2. The van der Waals surface area contributed by atoms with E-state index in [4.69, 9.17) is 9.47 Å². The number of amides is 2. The van der Waals surface area contributed by atoms with Gasteiger partial charge in [-0.15, -0.1) is 11.3 Å². The summed E-state index contributed by atoms with van der Waals surface area (Å²) in [6, 6.07) is 16.1. The number of thiophene rings is 1. The van der Waals surface area contributed by atoms with Crippen LogP contribution < -0.4 is 20.1 Å². The average Bonchev–Trinajstić information content (AvgIpc) is 3.66. The Morgan fingerprint density at radius 2 is 1.86 bits per heavy atom. The Kier molecular flexibility index (Phi) is 5.45. The van der Waals surface area contributed by atoms with Crippen LogP contribution in [-0.2, 0) is 11.2 Å². The molecule has 3 N–H and O–H groups in total. The van der Waals surface area contributed by atoms with Crippen molar-refractivity contribution in [1.82, 2.24) is 10.3 Å². The van der Waals surface area contributed by atoms with E-state index in [1.54, 1.807) is 18.2 Å². The van der Waals surface area contributed by atoms with Crippen LogP contribution in [-0.4, -0.2) is 28.6 Å². The van der Waals surface area contributed by atoms with Gasteiger partial charge >= 0.3 is 0 Å². The number of aromatic nitrogens is 1. The molecule has 1 aliphatic carbocycles. The zero-order valence-electron chi connectivity index (χ0n) is 19.0. The standard InChI is InChI=1S/C27H25N3O4S/c31-25(29-18-9-10-22-23(15-18)34-27(33-22)11-3-4-12-27)21(30-26(32)24-8-5-13-35-24)14-17-16-28-20-7-2-1-6-19(17)20/h1-2,5-10,13,15-16,21,28H,3-4,11-12,14H2,(H,29,31)(H,30,32). The highest BCUT2D eigenvalue weighted by molar-refractivity contribution is 7.12. The molecule has 0 radical (unpaired) electrons. The summed E-state index contributed by atoms with van der Waals surface area (Å²) in [5.74, 6) is 0.215. The van der Waals surface area contributed by atoms with E-state index in [1.807, 2.05) is 48.0 Å². The molecule has 0 saturated heterocycles. The van der Waals surface area contributed by atoms with Crippen molar-refractivity contribution in [1.29, 1.82) is 0 Å². The summed E-state index contributed by atoms with van der Waals surface area (Å²) in [4.78, 5) is 30.1. The van der Waals surface area contributed by atoms with Crippen LogP contribution >= 0.6 is 11.3 Å². The van der Waals surface area contributed by atoms with Gasteiger partial charge in [-0.05, 0) is 48.1 Å². The van der Waals surface area contributed by atoms with Crippen molar-refractivity contribution < 1.29 is 19.1 Å². The Hall–Kier alpha value is -3.78. The van der Waals surface area contributed by atoms with Crippen molar-refractivity contribution in [3.05, 3.63) is 76.6 Å². The highest BCUT2D eigenvalue weighted by atomic mass is 32.1. The van der Waals surface area contributed by atoms with Gasteiger partial charge in [0.15, 0.2) is 11.5 Å². The minimum Gasteiger partial charge on any atom is -0.448 e. The minimum atomic E-state index is -0.768. The second kappa shape index (κ2) is 8.78. The highest BCUT2D eigenvalue weighted by Gasteiger charge is 2.44. The van der Waals surface area contributed by atoms with Gasteiger partial charge in [0.25, 0.3) is 11.7 Å². The van der Waals surface area contributed by atoms with E-state index in [2.05, 4.69) is 15.6 Å². The molecular weight excluding hydrogens is 462 g/mol. The van der Waals surface area contributed by atoms with Gasteiger partial charge in [-0.3, -0.25) is 9.59 Å². The Labute approximate surface area is 206 Å². The third kappa shape index (κ3) is 4.25. The second-order valence-corrected chi connectivity index (χ2v) is 9.99. The molecule has 0 bridgehead atoms. The summed E-state index contributed by atoms with van der Waals surface area (Å²) in [5, 5.41) is 8.76. The molecule has 1 fully saturated rings. The molecule has 1 unspecified atom stereocenters. The number of carbonyl (C=O) groups is 2. The quantitative estimate of drug-likeness (QED) is 0.346. The molecule has 2 aromatic heterocycles. The number of H-pyrrole nitrogens is 1. The van der Waals surface area contributed by atoms with Crippen molar-refractivity contribution in [3.8, 4) is 11.5 Å². The monoisotopic (exact) mass is 487 g/mol. The van der Waals surface area contributed by atoms with E-state index in [0.717, 1.165) is 42.1 Å². The molecule has 35 heavy (non-hydrogen) atoms. The number of carbonyl (C=O) groups excluding carboxylic acids is 2. The van der Waals surface area contributed by atoms with Gasteiger partial charge in [-0.1, -0.05) is 24.3 Å². The first kappa shape index (κ1) is 21.7. The van der Waals surface area contributed by atoms with E-state index < -0.39 is 11.8 Å². The highest BCUT2D eigenvalue weighted by Crippen LogP contribution is 2.47. The van der Waals surface area contributed by atoms with Crippen molar-refractivity contribution in [3.63, 3.8) is 0 Å². The van der Waals surface area contributed by atoms with Gasteiger partial charge in [-0.2, -0.15) is 0 Å². The zero-order chi connectivity index (χ0) is 23.8. The Bertz CT molecular complexity index is 1390. The lowest BCUT2D eigenvalue weighted by atomic mass is 10.0. The maximum absolute atomic E-state index is 13.4. The van der Waals surface area contributed by atoms with Gasteiger partial charge in [-0.25, -0.2) is 0 Å². The summed E-state index contributed by atoms with van der Waals surface area (Å²) in [7, 11) is 0. The van der Waals surface area contributed by atoms with Crippen LogP contribution in [0.2, 0.25) is 0 Å². The van der Waals surface area contributed by atoms with E-state index in [1.165, 1.54) is 11.3 Å². The lowest BCUT2D eigenvalue weighted by Gasteiger charge is -2.21. The Morgan fingerprint density at radius 3 is 2.69 bits per heavy atom. The molecular formula is C27H25N3O4S. The SMILES string of the molecule is O=C(NC(Cc1c[nH]c2ccccc12)C(=O)Nc1ccc2c(c1)OC1(CCCC1)O2)c1cccs1. The lowest BCUT2D eigenvalue weighted by molar-refractivity contribution is -0.118. The van der Waals surface area contributed by atoms with Crippen molar-refractivity contribution in [2.75, 3.05) is 5.32 Å². The van der Waals surface area contributed by atoms with Gasteiger partial charge in [0.1, 0.15) is 6.04 Å². The maximum atomic E-state index is 13.4. The first-order chi connectivity index (χ1) is 17.1.